The second-order valence-corrected chi connectivity index (χ2v) is 4.46. The van der Waals surface area contributed by atoms with E-state index < -0.39 is 5.69 Å². The zero-order chi connectivity index (χ0) is 13.1. The molecule has 2 aromatic rings. The third kappa shape index (κ3) is 2.71. The molecule has 94 valence electrons. The fraction of sp³-hybridized carbons (Fsp3) is 0.231. The Kier molecular flexibility index (Phi) is 3.67. The van der Waals surface area contributed by atoms with Gasteiger partial charge >= 0.3 is 5.69 Å². The number of nitrogens with one attached hydrogen (secondary N) is 1. The van der Waals surface area contributed by atoms with E-state index in [4.69, 9.17) is 11.6 Å². The topological polar surface area (TPSA) is 54.9 Å². The molecule has 1 aromatic heterocycles. The largest absolute Gasteiger partial charge is 0.328 e. The average Bonchev–Trinajstić information content (AvgIpc) is 2.33. The van der Waals surface area contributed by atoms with Gasteiger partial charge < -0.3 is 0 Å². The van der Waals surface area contributed by atoms with E-state index in [1.54, 1.807) is 18.3 Å². The van der Waals surface area contributed by atoms with Crippen molar-refractivity contribution in [1.29, 1.82) is 0 Å². The predicted molar refractivity (Wildman–Crippen MR) is 71.3 cm³/mol. The monoisotopic (exact) mass is 264 g/mol. The van der Waals surface area contributed by atoms with E-state index in [0.29, 0.717) is 23.6 Å². The van der Waals surface area contributed by atoms with Crippen molar-refractivity contribution in [2.24, 2.45) is 0 Å². The van der Waals surface area contributed by atoms with E-state index >= 15 is 0 Å². The van der Waals surface area contributed by atoms with E-state index in [9.17, 15) is 9.59 Å². The van der Waals surface area contributed by atoms with Gasteiger partial charge in [0.15, 0.2) is 0 Å². The minimum Gasteiger partial charge on any atom is -0.296 e. The van der Waals surface area contributed by atoms with E-state index in [1.165, 1.54) is 4.57 Å². The standard InChI is InChI=1S/C13H13ClN2O2/c1-2-10-8-16(13(18)15-12(10)17)7-9-4-3-5-11(14)6-9/h3-6,8H,2,7H2,1H3,(H,15,17,18). The maximum Gasteiger partial charge on any atom is 0.328 e. The van der Waals surface area contributed by atoms with Crippen LogP contribution in [-0.2, 0) is 13.0 Å². The van der Waals surface area contributed by atoms with Crippen molar-refractivity contribution < 1.29 is 0 Å². The Hall–Kier alpha value is -1.81. The fourth-order valence-electron chi connectivity index (χ4n) is 1.76. The third-order valence-corrected chi connectivity index (χ3v) is 2.94. The van der Waals surface area contributed by atoms with Gasteiger partial charge in [-0.3, -0.25) is 14.3 Å². The van der Waals surface area contributed by atoms with Crippen molar-refractivity contribution in [2.45, 2.75) is 19.9 Å². The number of hydrogen-bond acceptors (Lipinski definition) is 2. The molecule has 0 aliphatic heterocycles. The first kappa shape index (κ1) is 12.6. The Morgan fingerprint density at radius 2 is 2.11 bits per heavy atom. The Morgan fingerprint density at radius 3 is 2.78 bits per heavy atom. The van der Waals surface area contributed by atoms with Crippen molar-refractivity contribution in [3.05, 3.63) is 67.4 Å². The number of H-pyrrole nitrogens is 1. The minimum absolute atomic E-state index is 0.315. The first-order chi connectivity index (χ1) is 8.60. The van der Waals surface area contributed by atoms with Crippen molar-refractivity contribution in [3.63, 3.8) is 0 Å². The average molecular weight is 265 g/mol. The van der Waals surface area contributed by atoms with Gasteiger partial charge in [0.2, 0.25) is 0 Å². The second-order valence-electron chi connectivity index (χ2n) is 4.02. The Labute approximate surface area is 109 Å². The summed E-state index contributed by atoms with van der Waals surface area (Å²) in [6.07, 6.45) is 2.19. The maximum atomic E-state index is 11.7. The lowest BCUT2D eigenvalue weighted by Crippen LogP contribution is -2.31. The Bertz CT molecular complexity index is 673. The van der Waals surface area contributed by atoms with Gasteiger partial charge in [0, 0.05) is 16.8 Å². The highest BCUT2D eigenvalue weighted by Gasteiger charge is 2.04. The van der Waals surface area contributed by atoms with Crippen LogP contribution in [-0.4, -0.2) is 9.55 Å². The Balaban J connectivity index is 2.40. The highest BCUT2D eigenvalue weighted by Crippen LogP contribution is 2.11. The van der Waals surface area contributed by atoms with Crippen LogP contribution in [0.2, 0.25) is 5.02 Å². The second kappa shape index (κ2) is 5.23. The molecule has 0 bridgehead atoms. The molecule has 0 saturated carbocycles. The molecule has 1 heterocycles. The molecule has 0 aliphatic carbocycles. The van der Waals surface area contributed by atoms with Crippen LogP contribution in [0, 0.1) is 0 Å². The van der Waals surface area contributed by atoms with Gasteiger partial charge in [-0.2, -0.15) is 0 Å². The van der Waals surface area contributed by atoms with Gasteiger partial charge in [-0.25, -0.2) is 4.79 Å². The number of aryl methyl sites for hydroxylation is 1. The molecule has 0 radical (unpaired) electrons. The minimum atomic E-state index is -0.405. The van der Waals surface area contributed by atoms with Gasteiger partial charge in [0.05, 0.1) is 6.54 Å². The van der Waals surface area contributed by atoms with Crippen LogP contribution in [0.4, 0.5) is 0 Å². The summed E-state index contributed by atoms with van der Waals surface area (Å²) in [6, 6.07) is 7.28. The van der Waals surface area contributed by atoms with Gasteiger partial charge in [-0.05, 0) is 24.1 Å². The summed E-state index contributed by atoms with van der Waals surface area (Å²) in [5.41, 5.74) is 0.789. The summed E-state index contributed by atoms with van der Waals surface area (Å²) in [5, 5.41) is 0.626. The van der Waals surface area contributed by atoms with E-state index in [-0.39, 0.29) is 5.56 Å². The number of aromatic nitrogens is 2. The van der Waals surface area contributed by atoms with E-state index in [0.717, 1.165) is 5.56 Å². The van der Waals surface area contributed by atoms with Crippen molar-refractivity contribution in [2.75, 3.05) is 0 Å². The number of nitrogens with zero attached hydrogens (tertiary/aromatic N) is 1. The normalized spacial score (nSPS) is 10.6. The van der Waals surface area contributed by atoms with Crippen LogP contribution < -0.4 is 11.2 Å². The fourth-order valence-corrected chi connectivity index (χ4v) is 1.97. The number of rotatable bonds is 3. The highest BCUT2D eigenvalue weighted by molar-refractivity contribution is 6.30. The molecule has 4 nitrogen and oxygen atoms in total. The molecular formula is C13H13ClN2O2. The van der Waals surface area contributed by atoms with Gasteiger partial charge in [-0.1, -0.05) is 30.7 Å². The van der Waals surface area contributed by atoms with Crippen LogP contribution in [0.15, 0.2) is 40.1 Å². The first-order valence-electron chi connectivity index (χ1n) is 5.67. The molecule has 0 aliphatic rings. The lowest BCUT2D eigenvalue weighted by Gasteiger charge is -2.07. The molecule has 0 fully saturated rings. The number of hydrogen-bond donors (Lipinski definition) is 1. The van der Waals surface area contributed by atoms with Crippen LogP contribution in [0.25, 0.3) is 0 Å². The third-order valence-electron chi connectivity index (χ3n) is 2.71. The SMILES string of the molecule is CCc1cn(Cc2cccc(Cl)c2)c(=O)[nH]c1=O. The van der Waals surface area contributed by atoms with E-state index in [1.807, 2.05) is 19.1 Å². The number of aromatic amines is 1. The summed E-state index contributed by atoms with van der Waals surface area (Å²) >= 11 is 5.89. The quantitative estimate of drug-likeness (QED) is 0.919. The molecule has 18 heavy (non-hydrogen) atoms. The lowest BCUT2D eigenvalue weighted by atomic mass is 10.2. The van der Waals surface area contributed by atoms with Crippen LogP contribution in [0.5, 0.6) is 0 Å². The van der Waals surface area contributed by atoms with Gasteiger partial charge in [0.1, 0.15) is 0 Å². The van der Waals surface area contributed by atoms with Gasteiger partial charge in [0.25, 0.3) is 5.56 Å². The predicted octanol–water partition coefficient (Wildman–Crippen LogP) is 1.80. The summed E-state index contributed by atoms with van der Waals surface area (Å²) in [4.78, 5) is 25.4. The molecule has 2 rings (SSSR count). The van der Waals surface area contributed by atoms with Crippen LogP contribution >= 0.6 is 11.6 Å². The van der Waals surface area contributed by atoms with Crippen LogP contribution in [0.1, 0.15) is 18.1 Å². The maximum absolute atomic E-state index is 11.7. The zero-order valence-electron chi connectivity index (χ0n) is 9.94. The zero-order valence-corrected chi connectivity index (χ0v) is 10.7. The molecule has 5 heteroatoms. The molecular weight excluding hydrogens is 252 g/mol. The lowest BCUT2D eigenvalue weighted by molar-refractivity contribution is 0.707. The Morgan fingerprint density at radius 1 is 1.33 bits per heavy atom. The van der Waals surface area contributed by atoms with Crippen molar-refractivity contribution >= 4 is 11.6 Å². The molecule has 0 saturated heterocycles. The number of halogens is 1. The number of benzene rings is 1. The van der Waals surface area contributed by atoms with Crippen molar-refractivity contribution in [1.82, 2.24) is 9.55 Å². The van der Waals surface area contributed by atoms with Crippen molar-refractivity contribution in [3.8, 4) is 0 Å². The molecule has 1 aromatic carbocycles. The van der Waals surface area contributed by atoms with Gasteiger partial charge in [-0.15, -0.1) is 0 Å². The molecule has 0 unspecified atom stereocenters. The summed E-state index contributed by atoms with van der Waals surface area (Å²) in [5.74, 6) is 0. The first-order valence-corrected chi connectivity index (χ1v) is 6.05. The molecule has 0 atom stereocenters. The smallest absolute Gasteiger partial charge is 0.296 e. The molecule has 0 spiro atoms. The summed E-state index contributed by atoms with van der Waals surface area (Å²) in [7, 11) is 0. The molecule has 1 N–H and O–H groups in total. The highest BCUT2D eigenvalue weighted by atomic mass is 35.5. The van der Waals surface area contributed by atoms with E-state index in [2.05, 4.69) is 4.98 Å². The summed E-state index contributed by atoms with van der Waals surface area (Å²) < 4.78 is 1.48. The molecule has 0 amide bonds. The van der Waals surface area contributed by atoms with Crippen LogP contribution in [0.3, 0.4) is 0 Å². The summed E-state index contributed by atoms with van der Waals surface area (Å²) in [6.45, 7) is 2.27.